The van der Waals surface area contributed by atoms with Gasteiger partial charge in [-0.05, 0) is 63.1 Å². The highest BCUT2D eigenvalue weighted by Crippen LogP contribution is 2.34. The Morgan fingerprint density at radius 1 is 0.944 bits per heavy atom. The van der Waals surface area contributed by atoms with Crippen LogP contribution in [0.5, 0.6) is 5.75 Å². The molecule has 0 spiro atoms. The van der Waals surface area contributed by atoms with Gasteiger partial charge in [0.25, 0.3) is 0 Å². The Labute approximate surface area is 209 Å². The van der Waals surface area contributed by atoms with Gasteiger partial charge in [-0.2, -0.15) is 0 Å². The quantitative estimate of drug-likeness (QED) is 0.484. The fourth-order valence-electron chi connectivity index (χ4n) is 4.60. The first kappa shape index (κ1) is 25.2. The van der Waals surface area contributed by atoms with Crippen molar-refractivity contribution in [1.29, 1.82) is 0 Å². The van der Waals surface area contributed by atoms with Gasteiger partial charge in [0.2, 0.25) is 0 Å². The van der Waals surface area contributed by atoms with Crippen molar-refractivity contribution in [2.45, 2.75) is 26.7 Å². The predicted octanol–water partition coefficient (Wildman–Crippen LogP) is 3.70. The lowest BCUT2D eigenvalue weighted by molar-refractivity contribution is -0.148. The highest BCUT2D eigenvalue weighted by Gasteiger charge is 2.28. The summed E-state index contributed by atoms with van der Waals surface area (Å²) in [6.07, 6.45) is 1.31. The zero-order valence-corrected chi connectivity index (χ0v) is 21.2. The molecule has 2 amide bonds. The molecule has 1 saturated heterocycles. The summed E-state index contributed by atoms with van der Waals surface area (Å²) in [5.41, 5.74) is 3.34. The van der Waals surface area contributed by atoms with Crippen LogP contribution in [0.1, 0.15) is 26.7 Å². The second kappa shape index (κ2) is 10.8. The molecule has 192 valence electrons. The Bertz CT molecular complexity index is 1300. The van der Waals surface area contributed by atoms with Crippen molar-refractivity contribution in [3.05, 3.63) is 46.9 Å². The number of hydrogen-bond donors (Lipinski definition) is 2. The van der Waals surface area contributed by atoms with E-state index in [1.807, 2.05) is 26.0 Å². The highest BCUT2D eigenvalue weighted by molar-refractivity contribution is 6.04. The third-order valence-electron chi connectivity index (χ3n) is 6.52. The van der Waals surface area contributed by atoms with Crippen LogP contribution >= 0.6 is 0 Å². The predicted molar refractivity (Wildman–Crippen MR) is 140 cm³/mol. The Balaban J connectivity index is 1.59. The summed E-state index contributed by atoms with van der Waals surface area (Å²) in [5, 5.41) is 5.81. The summed E-state index contributed by atoms with van der Waals surface area (Å²) in [5.74, 6) is 0.434. The van der Waals surface area contributed by atoms with Gasteiger partial charge in [-0.3, -0.25) is 13.9 Å². The van der Waals surface area contributed by atoms with Gasteiger partial charge in [-0.1, -0.05) is 0 Å². The zero-order chi connectivity index (χ0) is 25.8. The van der Waals surface area contributed by atoms with Crippen LogP contribution in [-0.4, -0.2) is 47.4 Å². The first-order chi connectivity index (χ1) is 17.3. The molecule has 10 heteroatoms. The smallest absolute Gasteiger partial charge is 0.328 e. The summed E-state index contributed by atoms with van der Waals surface area (Å²) < 4.78 is 13.8. The molecule has 36 heavy (non-hydrogen) atoms. The van der Waals surface area contributed by atoms with Gasteiger partial charge >= 0.3 is 17.7 Å². The van der Waals surface area contributed by atoms with E-state index < -0.39 is 6.03 Å². The molecule has 0 atom stereocenters. The van der Waals surface area contributed by atoms with Crippen molar-refractivity contribution in [3.8, 4) is 5.75 Å². The Morgan fingerprint density at radius 3 is 2.19 bits per heavy atom. The molecule has 0 radical (unpaired) electrons. The van der Waals surface area contributed by atoms with Crippen molar-refractivity contribution in [2.75, 3.05) is 41.8 Å². The van der Waals surface area contributed by atoms with E-state index in [1.165, 1.54) is 0 Å². The monoisotopic (exact) mass is 495 g/mol. The van der Waals surface area contributed by atoms with Crippen LogP contribution in [0.3, 0.4) is 0 Å². The van der Waals surface area contributed by atoms with E-state index in [1.54, 1.807) is 47.5 Å². The minimum absolute atomic E-state index is 0.134. The van der Waals surface area contributed by atoms with E-state index in [4.69, 9.17) is 9.47 Å². The molecule has 1 fully saturated rings. The number of imidazole rings is 1. The normalized spacial score (nSPS) is 14.1. The Hall–Kier alpha value is -3.95. The van der Waals surface area contributed by atoms with Gasteiger partial charge < -0.3 is 25.0 Å². The largest absolute Gasteiger partial charge is 0.494 e. The fourth-order valence-corrected chi connectivity index (χ4v) is 4.60. The van der Waals surface area contributed by atoms with E-state index in [-0.39, 0.29) is 17.6 Å². The van der Waals surface area contributed by atoms with Crippen LogP contribution in [0.4, 0.5) is 21.9 Å². The molecule has 0 saturated carbocycles. The first-order valence-electron chi connectivity index (χ1n) is 12.2. The third-order valence-corrected chi connectivity index (χ3v) is 6.52. The van der Waals surface area contributed by atoms with Gasteiger partial charge in [-0.15, -0.1) is 0 Å². The summed E-state index contributed by atoms with van der Waals surface area (Å²) in [6, 6.07) is 10.5. The molecule has 1 aromatic heterocycles. The number of piperidine rings is 1. The van der Waals surface area contributed by atoms with E-state index in [0.717, 1.165) is 17.0 Å². The average Bonchev–Trinajstić information content (AvgIpc) is 3.08. The van der Waals surface area contributed by atoms with Crippen LogP contribution in [0.25, 0.3) is 11.0 Å². The molecule has 1 aliphatic rings. The van der Waals surface area contributed by atoms with Crippen LogP contribution in [0, 0.1) is 5.92 Å². The third kappa shape index (κ3) is 5.17. The molecule has 3 aromatic rings. The lowest BCUT2D eigenvalue weighted by atomic mass is 9.96. The number of ether oxygens (including phenoxy) is 2. The van der Waals surface area contributed by atoms with Gasteiger partial charge in [0.15, 0.2) is 0 Å². The molecule has 2 N–H and O–H groups in total. The number of hydrogen-bond acceptors (Lipinski definition) is 6. The number of aryl methyl sites for hydroxylation is 2. The summed E-state index contributed by atoms with van der Waals surface area (Å²) in [6.45, 7) is 5.92. The van der Waals surface area contributed by atoms with Crippen molar-refractivity contribution in [1.82, 2.24) is 9.13 Å². The molecule has 0 unspecified atom stereocenters. The maximum atomic E-state index is 12.9. The topological polar surface area (TPSA) is 107 Å². The van der Waals surface area contributed by atoms with E-state index in [0.29, 0.717) is 56.0 Å². The number of urea groups is 1. The number of rotatable bonds is 7. The van der Waals surface area contributed by atoms with Crippen LogP contribution in [0.15, 0.2) is 41.2 Å². The Kier molecular flexibility index (Phi) is 7.52. The second-order valence-electron chi connectivity index (χ2n) is 8.81. The number of aromatic nitrogens is 2. The molecule has 10 nitrogen and oxygen atoms in total. The number of benzene rings is 2. The second-order valence-corrected chi connectivity index (χ2v) is 8.81. The molecular weight excluding hydrogens is 462 g/mol. The van der Waals surface area contributed by atoms with Crippen LogP contribution in [-0.2, 0) is 23.6 Å². The van der Waals surface area contributed by atoms with Gasteiger partial charge in [0.1, 0.15) is 5.75 Å². The van der Waals surface area contributed by atoms with Gasteiger partial charge in [-0.25, -0.2) is 9.59 Å². The van der Waals surface area contributed by atoms with E-state index >= 15 is 0 Å². The maximum Gasteiger partial charge on any atom is 0.328 e. The molecule has 4 rings (SSSR count). The van der Waals surface area contributed by atoms with Gasteiger partial charge in [0, 0.05) is 32.9 Å². The van der Waals surface area contributed by atoms with Crippen LogP contribution < -0.4 is 26.0 Å². The zero-order valence-electron chi connectivity index (χ0n) is 21.2. The maximum absolute atomic E-state index is 12.9. The number of amides is 2. The van der Waals surface area contributed by atoms with Crippen molar-refractivity contribution < 1.29 is 19.1 Å². The lowest BCUT2D eigenvalue weighted by Crippen LogP contribution is -2.37. The summed E-state index contributed by atoms with van der Waals surface area (Å²) in [7, 11) is 3.44. The van der Waals surface area contributed by atoms with E-state index in [9.17, 15) is 14.4 Å². The minimum Gasteiger partial charge on any atom is -0.494 e. The number of fused-ring (bicyclic) bond motifs is 1. The van der Waals surface area contributed by atoms with Gasteiger partial charge in [0.05, 0.1) is 41.5 Å². The summed E-state index contributed by atoms with van der Waals surface area (Å²) >= 11 is 0. The number of nitrogens with zero attached hydrogens (tertiary/aromatic N) is 3. The average molecular weight is 496 g/mol. The van der Waals surface area contributed by atoms with Crippen molar-refractivity contribution in [2.24, 2.45) is 20.0 Å². The highest BCUT2D eigenvalue weighted by atomic mass is 16.5. The molecule has 2 heterocycles. The van der Waals surface area contributed by atoms with E-state index in [2.05, 4.69) is 15.5 Å². The number of carbonyl (C=O) groups is 2. The minimum atomic E-state index is -0.401. The number of anilines is 3. The van der Waals surface area contributed by atoms with Crippen LogP contribution in [0.2, 0.25) is 0 Å². The Morgan fingerprint density at radius 2 is 1.58 bits per heavy atom. The lowest BCUT2D eigenvalue weighted by Gasteiger charge is -2.34. The van der Waals surface area contributed by atoms with Crippen molar-refractivity contribution >= 4 is 40.1 Å². The number of nitrogens with one attached hydrogen (secondary N) is 2. The standard InChI is InChI=1S/C26H33N5O5/c1-5-35-19-9-7-18(8-10-19)27-25(33)28-20-15-22-23(30(4)26(34)29(22)3)16-21(20)31-13-11-17(12-14-31)24(32)36-6-2/h7-10,15-17H,5-6,11-14H2,1-4H3,(H2,27,28,33). The number of esters is 1. The number of carbonyl (C=O) groups excluding carboxylic acids is 2. The molecule has 2 aromatic carbocycles. The summed E-state index contributed by atoms with van der Waals surface area (Å²) in [4.78, 5) is 39.8. The fraction of sp³-hybridized carbons (Fsp3) is 0.423. The van der Waals surface area contributed by atoms with Crippen molar-refractivity contribution in [3.63, 3.8) is 0 Å². The molecule has 0 aliphatic carbocycles. The SMILES string of the molecule is CCOC(=O)C1CCN(c2cc3c(cc2NC(=O)Nc2ccc(OCC)cc2)n(C)c(=O)n3C)CC1. The first-order valence-corrected chi connectivity index (χ1v) is 12.2. The molecule has 0 bridgehead atoms. The molecular formula is C26H33N5O5. The molecule has 1 aliphatic heterocycles.